The molecule has 0 atom stereocenters. The van der Waals surface area contributed by atoms with E-state index >= 15 is 0 Å². The molecule has 2 aromatic rings. The van der Waals surface area contributed by atoms with E-state index in [0.717, 1.165) is 24.3 Å². The van der Waals surface area contributed by atoms with Gasteiger partial charge in [-0.3, -0.25) is 10.1 Å². The van der Waals surface area contributed by atoms with Crippen LogP contribution in [0, 0.1) is 17.0 Å². The predicted octanol–water partition coefficient (Wildman–Crippen LogP) is 1.26. The standard InChI is InChI=1S/C20H25N3O5S/c1-17-6-4-7-18(16-17)28-15-5-10-21-11-13-22(14-12-21)29(26,27)20-9-3-2-8-19(20)23(24)25/h2-4,6-9,16H,5,10-15H2,1H3/p+1. The van der Waals surface area contributed by atoms with Crippen LogP contribution in [0.15, 0.2) is 53.4 Å². The van der Waals surface area contributed by atoms with Crippen LogP contribution >= 0.6 is 0 Å². The molecule has 1 saturated heterocycles. The molecular weight excluding hydrogens is 394 g/mol. The Morgan fingerprint density at radius 2 is 1.86 bits per heavy atom. The van der Waals surface area contributed by atoms with Gasteiger partial charge in [-0.15, -0.1) is 0 Å². The Morgan fingerprint density at radius 1 is 1.14 bits per heavy atom. The van der Waals surface area contributed by atoms with Crippen molar-refractivity contribution in [3.05, 3.63) is 64.2 Å². The van der Waals surface area contributed by atoms with Gasteiger partial charge in [0.05, 0.1) is 44.3 Å². The van der Waals surface area contributed by atoms with Gasteiger partial charge in [0.2, 0.25) is 10.0 Å². The number of benzene rings is 2. The lowest BCUT2D eigenvalue weighted by Gasteiger charge is -2.31. The maximum Gasteiger partial charge on any atom is 0.289 e. The molecule has 8 nitrogen and oxygen atoms in total. The Balaban J connectivity index is 1.49. The fraction of sp³-hybridized carbons (Fsp3) is 0.400. The second-order valence-corrected chi connectivity index (χ2v) is 9.05. The third kappa shape index (κ3) is 5.31. The molecule has 1 heterocycles. The average Bonchev–Trinajstić information content (AvgIpc) is 2.71. The number of hydrogen-bond acceptors (Lipinski definition) is 5. The van der Waals surface area contributed by atoms with Crippen molar-refractivity contribution < 1.29 is 23.0 Å². The van der Waals surface area contributed by atoms with Crippen molar-refractivity contribution in [1.29, 1.82) is 0 Å². The van der Waals surface area contributed by atoms with Crippen LogP contribution in [-0.2, 0) is 10.0 Å². The number of para-hydroxylation sites is 1. The van der Waals surface area contributed by atoms with Gasteiger partial charge < -0.3 is 9.64 Å². The van der Waals surface area contributed by atoms with E-state index in [-0.39, 0.29) is 10.6 Å². The summed E-state index contributed by atoms with van der Waals surface area (Å²) in [6, 6.07) is 13.4. The van der Waals surface area contributed by atoms with Crippen molar-refractivity contribution in [2.45, 2.75) is 18.2 Å². The third-order valence-corrected chi connectivity index (χ3v) is 6.99. The molecule has 1 aliphatic heterocycles. The molecule has 1 fully saturated rings. The number of ether oxygens (including phenoxy) is 1. The summed E-state index contributed by atoms with van der Waals surface area (Å²) in [6.07, 6.45) is 0.875. The van der Waals surface area contributed by atoms with E-state index in [1.54, 1.807) is 0 Å². The Morgan fingerprint density at radius 3 is 2.55 bits per heavy atom. The number of nitrogens with one attached hydrogen (secondary N) is 1. The number of piperazine rings is 1. The summed E-state index contributed by atoms with van der Waals surface area (Å²) >= 11 is 0. The van der Waals surface area contributed by atoms with Crippen LogP contribution in [0.3, 0.4) is 0 Å². The minimum atomic E-state index is -3.87. The van der Waals surface area contributed by atoms with E-state index in [1.165, 1.54) is 33.5 Å². The third-order valence-electron chi connectivity index (χ3n) is 5.04. The van der Waals surface area contributed by atoms with Gasteiger partial charge in [-0.1, -0.05) is 24.3 Å². The number of nitro groups is 1. The fourth-order valence-electron chi connectivity index (χ4n) is 3.48. The molecule has 0 aromatic heterocycles. The topological polar surface area (TPSA) is 94.2 Å². The molecule has 0 unspecified atom stereocenters. The van der Waals surface area contributed by atoms with Crippen LogP contribution in [-0.4, -0.2) is 57.0 Å². The molecule has 156 valence electrons. The number of aryl methyl sites for hydroxylation is 1. The highest BCUT2D eigenvalue weighted by molar-refractivity contribution is 7.89. The van der Waals surface area contributed by atoms with Gasteiger partial charge in [0.1, 0.15) is 5.75 Å². The average molecular weight is 421 g/mol. The highest BCUT2D eigenvalue weighted by atomic mass is 32.2. The highest BCUT2D eigenvalue weighted by Gasteiger charge is 2.34. The lowest BCUT2D eigenvalue weighted by Crippen LogP contribution is -3.14. The zero-order valence-electron chi connectivity index (χ0n) is 16.4. The van der Waals surface area contributed by atoms with Crippen molar-refractivity contribution >= 4 is 15.7 Å². The monoisotopic (exact) mass is 420 g/mol. The first-order valence-corrected chi connectivity index (χ1v) is 11.1. The quantitative estimate of drug-likeness (QED) is 0.394. The SMILES string of the molecule is Cc1cccc(OCCC[NH+]2CCN(S(=O)(=O)c3ccccc3[N+](=O)[O-])CC2)c1. The first-order chi connectivity index (χ1) is 13.9. The number of sulfonamides is 1. The summed E-state index contributed by atoms with van der Waals surface area (Å²) in [7, 11) is -3.87. The molecule has 9 heteroatoms. The molecule has 0 saturated carbocycles. The zero-order chi connectivity index (χ0) is 20.9. The van der Waals surface area contributed by atoms with Gasteiger partial charge >= 0.3 is 0 Å². The number of rotatable bonds is 8. The molecule has 0 radical (unpaired) electrons. The van der Waals surface area contributed by atoms with Gasteiger partial charge in [0, 0.05) is 12.5 Å². The van der Waals surface area contributed by atoms with Crippen molar-refractivity contribution in [1.82, 2.24) is 4.31 Å². The smallest absolute Gasteiger partial charge is 0.289 e. The summed E-state index contributed by atoms with van der Waals surface area (Å²) in [4.78, 5) is 11.6. The first kappa shape index (κ1) is 21.2. The molecule has 0 aliphatic carbocycles. The van der Waals surface area contributed by atoms with Gasteiger partial charge in [0.15, 0.2) is 4.90 Å². The van der Waals surface area contributed by atoms with Crippen LogP contribution in [0.4, 0.5) is 5.69 Å². The fourth-order valence-corrected chi connectivity index (χ4v) is 5.07. The second kappa shape index (κ2) is 9.34. The van der Waals surface area contributed by atoms with Crippen LogP contribution in [0.2, 0.25) is 0 Å². The van der Waals surface area contributed by atoms with Crippen LogP contribution < -0.4 is 9.64 Å². The molecule has 3 rings (SSSR count). The molecule has 0 bridgehead atoms. The summed E-state index contributed by atoms with van der Waals surface area (Å²) in [6.45, 7) is 5.57. The predicted molar refractivity (Wildman–Crippen MR) is 109 cm³/mol. The molecule has 0 amide bonds. The van der Waals surface area contributed by atoms with Crippen molar-refractivity contribution in [2.24, 2.45) is 0 Å². The molecule has 1 aliphatic rings. The van der Waals surface area contributed by atoms with Crippen LogP contribution in [0.5, 0.6) is 5.75 Å². The van der Waals surface area contributed by atoms with E-state index < -0.39 is 14.9 Å². The lowest BCUT2D eigenvalue weighted by molar-refractivity contribution is -0.903. The van der Waals surface area contributed by atoms with Gasteiger partial charge in [-0.05, 0) is 30.7 Å². The number of quaternary nitrogens is 1. The maximum absolute atomic E-state index is 12.9. The second-order valence-electron chi connectivity index (χ2n) is 7.15. The first-order valence-electron chi connectivity index (χ1n) is 9.64. The van der Waals surface area contributed by atoms with Crippen LogP contribution in [0.25, 0.3) is 0 Å². The van der Waals surface area contributed by atoms with Crippen molar-refractivity contribution in [3.8, 4) is 5.75 Å². The van der Waals surface area contributed by atoms with Crippen LogP contribution in [0.1, 0.15) is 12.0 Å². The van der Waals surface area contributed by atoms with Gasteiger partial charge in [-0.2, -0.15) is 4.31 Å². The Kier molecular flexibility index (Phi) is 6.83. The normalized spacial score (nSPS) is 15.9. The molecule has 0 spiro atoms. The summed E-state index contributed by atoms with van der Waals surface area (Å²) in [5.74, 6) is 0.861. The Hall–Kier alpha value is -2.49. The lowest BCUT2D eigenvalue weighted by atomic mass is 10.2. The van der Waals surface area contributed by atoms with E-state index in [9.17, 15) is 18.5 Å². The van der Waals surface area contributed by atoms with Crippen molar-refractivity contribution in [3.63, 3.8) is 0 Å². The number of nitrogens with zero attached hydrogens (tertiary/aromatic N) is 2. The van der Waals surface area contributed by atoms with E-state index in [2.05, 4.69) is 0 Å². The molecule has 2 aromatic carbocycles. The summed E-state index contributed by atoms with van der Waals surface area (Å²) in [5.41, 5.74) is 0.777. The minimum Gasteiger partial charge on any atom is -0.493 e. The largest absolute Gasteiger partial charge is 0.493 e. The summed E-state index contributed by atoms with van der Waals surface area (Å²) < 4.78 is 32.8. The van der Waals surface area contributed by atoms with E-state index in [1.807, 2.05) is 31.2 Å². The van der Waals surface area contributed by atoms with E-state index in [0.29, 0.717) is 32.8 Å². The molecular formula is C20H26N3O5S+. The Labute approximate surface area is 170 Å². The summed E-state index contributed by atoms with van der Waals surface area (Å²) in [5, 5.41) is 11.2. The van der Waals surface area contributed by atoms with E-state index in [4.69, 9.17) is 4.74 Å². The maximum atomic E-state index is 12.9. The highest BCUT2D eigenvalue weighted by Crippen LogP contribution is 2.26. The minimum absolute atomic E-state index is 0.236. The van der Waals surface area contributed by atoms with Crippen molar-refractivity contribution in [2.75, 3.05) is 39.3 Å². The van der Waals surface area contributed by atoms with Gasteiger partial charge in [-0.25, -0.2) is 8.42 Å². The number of hydrogen-bond donors (Lipinski definition) is 1. The van der Waals surface area contributed by atoms with Gasteiger partial charge in [0.25, 0.3) is 5.69 Å². The molecule has 29 heavy (non-hydrogen) atoms. The zero-order valence-corrected chi connectivity index (χ0v) is 17.2. The Bertz CT molecular complexity index is 956. The number of nitro benzene ring substituents is 1. The molecule has 1 N–H and O–H groups in total.